The van der Waals surface area contributed by atoms with Crippen molar-refractivity contribution in [2.45, 2.75) is 57.1 Å². The van der Waals surface area contributed by atoms with Gasteiger partial charge in [0.25, 0.3) is 0 Å². The van der Waals surface area contributed by atoms with Gasteiger partial charge in [-0.3, -0.25) is 5.84 Å². The molecule has 1 aliphatic carbocycles. The SMILES string of the molecule is NNC(/C1=C/CCCCCC1)C1Cc2ccccc2O1. The van der Waals surface area contributed by atoms with Gasteiger partial charge in [0.05, 0.1) is 6.04 Å². The normalized spacial score (nSPS) is 26.6. The smallest absolute Gasteiger partial charge is 0.123 e. The summed E-state index contributed by atoms with van der Waals surface area (Å²) in [5, 5.41) is 0. The molecule has 2 atom stereocenters. The Morgan fingerprint density at radius 3 is 2.85 bits per heavy atom. The van der Waals surface area contributed by atoms with E-state index in [1.165, 1.54) is 43.2 Å². The van der Waals surface area contributed by atoms with E-state index in [0.29, 0.717) is 0 Å². The van der Waals surface area contributed by atoms with Gasteiger partial charge in [0, 0.05) is 6.42 Å². The van der Waals surface area contributed by atoms with Gasteiger partial charge >= 0.3 is 0 Å². The minimum atomic E-state index is 0.128. The van der Waals surface area contributed by atoms with Crippen LogP contribution in [0.5, 0.6) is 5.75 Å². The second-order valence-corrected chi connectivity index (χ2v) is 5.84. The van der Waals surface area contributed by atoms with Crippen LogP contribution in [-0.2, 0) is 6.42 Å². The van der Waals surface area contributed by atoms with Gasteiger partial charge in [-0.15, -0.1) is 0 Å². The molecular weight excluding hydrogens is 248 g/mol. The fourth-order valence-electron chi connectivity index (χ4n) is 3.35. The van der Waals surface area contributed by atoms with Gasteiger partial charge in [0.1, 0.15) is 11.9 Å². The molecule has 20 heavy (non-hydrogen) atoms. The van der Waals surface area contributed by atoms with Crippen LogP contribution in [0.25, 0.3) is 0 Å². The van der Waals surface area contributed by atoms with Gasteiger partial charge in [-0.25, -0.2) is 5.43 Å². The number of para-hydroxylation sites is 1. The maximum atomic E-state index is 6.10. The predicted octanol–water partition coefficient (Wildman–Crippen LogP) is 3.10. The molecule has 0 fully saturated rings. The number of hydrogen-bond acceptors (Lipinski definition) is 3. The number of nitrogens with one attached hydrogen (secondary N) is 1. The molecule has 0 saturated carbocycles. The summed E-state index contributed by atoms with van der Waals surface area (Å²) in [4.78, 5) is 0. The lowest BCUT2D eigenvalue weighted by Gasteiger charge is -2.26. The van der Waals surface area contributed by atoms with E-state index in [4.69, 9.17) is 10.6 Å². The molecule has 0 bridgehead atoms. The maximum Gasteiger partial charge on any atom is 0.123 e. The Bertz CT molecular complexity index is 459. The van der Waals surface area contributed by atoms with E-state index >= 15 is 0 Å². The van der Waals surface area contributed by atoms with Crippen molar-refractivity contribution in [2.24, 2.45) is 5.84 Å². The molecule has 0 amide bonds. The first kappa shape index (κ1) is 13.7. The summed E-state index contributed by atoms with van der Waals surface area (Å²) in [5.74, 6) is 6.86. The largest absolute Gasteiger partial charge is 0.488 e. The highest BCUT2D eigenvalue weighted by molar-refractivity contribution is 5.38. The van der Waals surface area contributed by atoms with E-state index in [-0.39, 0.29) is 12.1 Å². The molecule has 3 heteroatoms. The highest BCUT2D eigenvalue weighted by Gasteiger charge is 2.31. The summed E-state index contributed by atoms with van der Waals surface area (Å²) in [6.07, 6.45) is 11.0. The van der Waals surface area contributed by atoms with Gasteiger partial charge in [-0.1, -0.05) is 42.7 Å². The highest BCUT2D eigenvalue weighted by atomic mass is 16.5. The van der Waals surface area contributed by atoms with E-state index in [0.717, 1.165) is 18.6 Å². The van der Waals surface area contributed by atoms with Gasteiger partial charge in [-0.05, 0) is 37.3 Å². The van der Waals surface area contributed by atoms with Gasteiger partial charge in [-0.2, -0.15) is 0 Å². The number of hydrazine groups is 1. The number of nitrogens with two attached hydrogens (primary N) is 1. The Hall–Kier alpha value is -1.32. The zero-order chi connectivity index (χ0) is 13.8. The number of fused-ring (bicyclic) bond motifs is 1. The minimum absolute atomic E-state index is 0.128. The molecule has 1 aromatic rings. The van der Waals surface area contributed by atoms with Crippen molar-refractivity contribution in [1.29, 1.82) is 0 Å². The number of rotatable bonds is 3. The third kappa shape index (κ3) is 2.89. The van der Waals surface area contributed by atoms with Crippen LogP contribution in [0, 0.1) is 0 Å². The molecule has 108 valence electrons. The van der Waals surface area contributed by atoms with Crippen LogP contribution in [-0.4, -0.2) is 12.1 Å². The fraction of sp³-hybridized carbons (Fsp3) is 0.529. The van der Waals surface area contributed by atoms with Crippen molar-refractivity contribution in [3.8, 4) is 5.75 Å². The second-order valence-electron chi connectivity index (χ2n) is 5.84. The summed E-state index contributed by atoms with van der Waals surface area (Å²) in [5.41, 5.74) is 5.73. The first-order valence-electron chi connectivity index (χ1n) is 7.78. The zero-order valence-electron chi connectivity index (χ0n) is 12.0. The summed E-state index contributed by atoms with van der Waals surface area (Å²) < 4.78 is 6.10. The van der Waals surface area contributed by atoms with Gasteiger partial charge in [0.15, 0.2) is 0 Å². The van der Waals surface area contributed by atoms with E-state index in [1.807, 2.05) is 6.07 Å². The van der Waals surface area contributed by atoms with E-state index < -0.39 is 0 Å². The standard InChI is InChI=1S/C17H24N2O/c18-19-17(13-8-4-2-1-3-5-9-13)16-12-14-10-6-7-11-15(14)20-16/h6-8,10-11,16-17,19H,1-5,9,12,18H2/b13-8+. The van der Waals surface area contributed by atoms with E-state index in [2.05, 4.69) is 29.7 Å². The Morgan fingerprint density at radius 1 is 1.15 bits per heavy atom. The van der Waals surface area contributed by atoms with Crippen LogP contribution < -0.4 is 16.0 Å². The summed E-state index contributed by atoms with van der Waals surface area (Å²) in [6, 6.07) is 8.44. The lowest BCUT2D eigenvalue weighted by atomic mass is 9.91. The van der Waals surface area contributed by atoms with Crippen LogP contribution in [0.4, 0.5) is 0 Å². The van der Waals surface area contributed by atoms with E-state index in [1.54, 1.807) is 0 Å². The average Bonchev–Trinajstić information content (AvgIpc) is 2.85. The van der Waals surface area contributed by atoms with Crippen molar-refractivity contribution in [3.05, 3.63) is 41.5 Å². The van der Waals surface area contributed by atoms with Crippen molar-refractivity contribution in [1.82, 2.24) is 5.43 Å². The van der Waals surface area contributed by atoms with Crippen LogP contribution in [0.1, 0.15) is 44.1 Å². The number of allylic oxidation sites excluding steroid dienone is 1. The van der Waals surface area contributed by atoms with Crippen LogP contribution in [0.3, 0.4) is 0 Å². The van der Waals surface area contributed by atoms with Crippen molar-refractivity contribution >= 4 is 0 Å². The molecule has 1 aromatic carbocycles. The molecule has 1 heterocycles. The molecule has 2 aliphatic rings. The van der Waals surface area contributed by atoms with Gasteiger partial charge < -0.3 is 4.74 Å². The minimum Gasteiger partial charge on any atom is -0.488 e. The number of benzene rings is 1. The Morgan fingerprint density at radius 2 is 2.00 bits per heavy atom. The molecule has 0 spiro atoms. The Labute approximate surface area is 121 Å². The van der Waals surface area contributed by atoms with Crippen molar-refractivity contribution < 1.29 is 4.74 Å². The molecule has 2 unspecified atom stereocenters. The predicted molar refractivity (Wildman–Crippen MR) is 81.5 cm³/mol. The lowest BCUT2D eigenvalue weighted by molar-refractivity contribution is 0.191. The topological polar surface area (TPSA) is 47.3 Å². The maximum absolute atomic E-state index is 6.10. The zero-order valence-corrected chi connectivity index (χ0v) is 12.0. The van der Waals surface area contributed by atoms with Crippen molar-refractivity contribution in [3.63, 3.8) is 0 Å². The number of hydrogen-bond donors (Lipinski definition) is 2. The van der Waals surface area contributed by atoms with Gasteiger partial charge in [0.2, 0.25) is 0 Å². The summed E-state index contributed by atoms with van der Waals surface area (Å²) in [6.45, 7) is 0. The first-order valence-corrected chi connectivity index (χ1v) is 7.78. The quantitative estimate of drug-likeness (QED) is 0.505. The lowest BCUT2D eigenvalue weighted by Crippen LogP contribution is -2.47. The summed E-state index contributed by atoms with van der Waals surface area (Å²) in [7, 11) is 0. The molecule has 3 nitrogen and oxygen atoms in total. The molecule has 1 aliphatic heterocycles. The Balaban J connectivity index is 1.74. The monoisotopic (exact) mass is 272 g/mol. The van der Waals surface area contributed by atoms with E-state index in [9.17, 15) is 0 Å². The van der Waals surface area contributed by atoms with Crippen LogP contribution in [0.15, 0.2) is 35.9 Å². The van der Waals surface area contributed by atoms with Crippen LogP contribution in [0.2, 0.25) is 0 Å². The average molecular weight is 272 g/mol. The third-order valence-electron chi connectivity index (χ3n) is 4.45. The van der Waals surface area contributed by atoms with Crippen LogP contribution >= 0.6 is 0 Å². The number of ether oxygens (including phenoxy) is 1. The first-order chi connectivity index (χ1) is 9.88. The third-order valence-corrected chi connectivity index (χ3v) is 4.45. The molecule has 3 rings (SSSR count). The second kappa shape index (κ2) is 6.42. The highest BCUT2D eigenvalue weighted by Crippen LogP contribution is 2.32. The fourth-order valence-corrected chi connectivity index (χ4v) is 3.35. The molecule has 0 radical (unpaired) electrons. The molecule has 0 aromatic heterocycles. The van der Waals surface area contributed by atoms with Crippen molar-refractivity contribution in [2.75, 3.05) is 0 Å². The summed E-state index contributed by atoms with van der Waals surface area (Å²) >= 11 is 0. The molecule has 0 saturated heterocycles. The Kier molecular flexibility index (Phi) is 4.38. The molecular formula is C17H24N2O. The molecule has 3 N–H and O–H groups in total.